The summed E-state index contributed by atoms with van der Waals surface area (Å²) in [4.78, 5) is 0. The molecule has 5 heteroatoms. The number of alkyl halides is 2. The van der Waals surface area contributed by atoms with Crippen LogP contribution in [0.4, 0.5) is 8.78 Å². The molecule has 0 aromatic carbocycles. The first-order chi connectivity index (χ1) is 4.56. The average molecular weight is 153 g/mol. The Kier molecular flexibility index (Phi) is 1.89. The van der Waals surface area contributed by atoms with Gasteiger partial charge in [-0.15, -0.1) is 0 Å². The largest absolute Gasteiger partial charge is 0.395 e. The van der Waals surface area contributed by atoms with Gasteiger partial charge in [0.15, 0.2) is 6.23 Å². The molecule has 2 atom stereocenters. The first kappa shape index (κ1) is 7.84. The maximum Gasteiger partial charge on any atom is 0.288 e. The van der Waals surface area contributed by atoms with Crippen LogP contribution in [-0.4, -0.2) is 35.0 Å². The van der Waals surface area contributed by atoms with Crippen molar-refractivity contribution < 1.29 is 19.0 Å². The van der Waals surface area contributed by atoms with E-state index in [9.17, 15) is 8.78 Å². The van der Waals surface area contributed by atoms with E-state index in [1.807, 2.05) is 0 Å². The summed E-state index contributed by atoms with van der Waals surface area (Å²) < 4.78 is 24.7. The van der Waals surface area contributed by atoms with Gasteiger partial charge in [0.25, 0.3) is 5.92 Å². The van der Waals surface area contributed by atoms with Gasteiger partial charge in [0.05, 0.1) is 6.61 Å². The maximum absolute atomic E-state index is 12.4. The molecule has 0 saturated carbocycles. The van der Waals surface area contributed by atoms with Gasteiger partial charge in [0.1, 0.15) is 0 Å². The molecular formula is C5H9F2NO2. The lowest BCUT2D eigenvalue weighted by Gasteiger charge is -2.10. The molecule has 1 aliphatic heterocycles. The van der Waals surface area contributed by atoms with Crippen LogP contribution < -0.4 is 5.32 Å². The molecule has 60 valence electrons. The van der Waals surface area contributed by atoms with Crippen LogP contribution >= 0.6 is 0 Å². The molecule has 1 rings (SSSR count). The molecule has 0 aromatic heterocycles. The van der Waals surface area contributed by atoms with Crippen LogP contribution in [0.3, 0.4) is 0 Å². The van der Waals surface area contributed by atoms with Crippen molar-refractivity contribution in [3.63, 3.8) is 0 Å². The molecule has 0 radical (unpaired) electrons. The van der Waals surface area contributed by atoms with Gasteiger partial charge in [0, 0.05) is 12.5 Å². The second-order valence-electron chi connectivity index (χ2n) is 2.41. The minimum Gasteiger partial charge on any atom is -0.395 e. The van der Waals surface area contributed by atoms with E-state index in [-0.39, 0.29) is 6.61 Å². The summed E-state index contributed by atoms with van der Waals surface area (Å²) in [5, 5.41) is 19.1. The highest BCUT2D eigenvalue weighted by molar-refractivity contribution is 4.90. The molecular weight excluding hydrogens is 144 g/mol. The van der Waals surface area contributed by atoms with Crippen molar-refractivity contribution in [2.24, 2.45) is 0 Å². The Bertz CT molecular complexity index is 131. The smallest absolute Gasteiger partial charge is 0.288 e. The summed E-state index contributed by atoms with van der Waals surface area (Å²) in [5.41, 5.74) is 0. The van der Waals surface area contributed by atoms with Crippen LogP contribution in [0.15, 0.2) is 0 Å². The monoisotopic (exact) mass is 153 g/mol. The standard InChI is InChI=1S/C5H9F2NO2/c6-5(7)1-3(2-9)8-4(5)10/h3-4,8-10H,1-2H2. The summed E-state index contributed by atoms with van der Waals surface area (Å²) in [7, 11) is 0. The second-order valence-corrected chi connectivity index (χ2v) is 2.41. The topological polar surface area (TPSA) is 52.5 Å². The van der Waals surface area contributed by atoms with E-state index < -0.39 is 24.6 Å². The zero-order chi connectivity index (χ0) is 7.78. The SMILES string of the molecule is OCC1CC(F)(F)C(O)N1. The Labute approximate surface area is 56.7 Å². The van der Waals surface area contributed by atoms with Gasteiger partial charge < -0.3 is 10.2 Å². The molecule has 3 N–H and O–H groups in total. The molecule has 3 nitrogen and oxygen atoms in total. The van der Waals surface area contributed by atoms with Crippen LogP contribution in [0.1, 0.15) is 6.42 Å². The highest BCUT2D eigenvalue weighted by Gasteiger charge is 2.47. The van der Waals surface area contributed by atoms with Crippen LogP contribution in [0.25, 0.3) is 0 Å². The molecule has 1 saturated heterocycles. The van der Waals surface area contributed by atoms with Gasteiger partial charge in [0.2, 0.25) is 0 Å². The van der Waals surface area contributed by atoms with Crippen molar-refractivity contribution >= 4 is 0 Å². The first-order valence-corrected chi connectivity index (χ1v) is 2.99. The normalized spacial score (nSPS) is 38.4. The fraction of sp³-hybridized carbons (Fsp3) is 1.00. The molecule has 0 aliphatic carbocycles. The number of nitrogens with one attached hydrogen (secondary N) is 1. The van der Waals surface area contributed by atoms with Gasteiger partial charge >= 0.3 is 0 Å². The minimum atomic E-state index is -3.09. The zero-order valence-electron chi connectivity index (χ0n) is 5.22. The van der Waals surface area contributed by atoms with Crippen LogP contribution in [0.5, 0.6) is 0 Å². The second kappa shape index (κ2) is 2.41. The summed E-state index contributed by atoms with van der Waals surface area (Å²) in [6, 6.07) is -0.676. The summed E-state index contributed by atoms with van der Waals surface area (Å²) in [6.45, 7) is -0.368. The highest BCUT2D eigenvalue weighted by atomic mass is 19.3. The van der Waals surface area contributed by atoms with E-state index in [2.05, 4.69) is 5.32 Å². The number of hydrogen-bond donors (Lipinski definition) is 3. The number of aliphatic hydroxyl groups is 2. The Balaban J connectivity index is 2.53. The van der Waals surface area contributed by atoms with Gasteiger partial charge in [-0.1, -0.05) is 0 Å². The average Bonchev–Trinajstić information content (AvgIpc) is 2.08. The van der Waals surface area contributed by atoms with E-state index in [4.69, 9.17) is 10.2 Å². The van der Waals surface area contributed by atoms with Crippen LogP contribution in [0.2, 0.25) is 0 Å². The zero-order valence-corrected chi connectivity index (χ0v) is 5.22. The third-order valence-electron chi connectivity index (χ3n) is 1.53. The van der Waals surface area contributed by atoms with Crippen LogP contribution in [-0.2, 0) is 0 Å². The van der Waals surface area contributed by atoms with E-state index in [1.54, 1.807) is 0 Å². The molecule has 2 unspecified atom stereocenters. The Hall–Kier alpha value is -0.260. The Morgan fingerprint density at radius 1 is 1.60 bits per heavy atom. The lowest BCUT2D eigenvalue weighted by atomic mass is 10.2. The lowest BCUT2D eigenvalue weighted by molar-refractivity contribution is -0.0925. The van der Waals surface area contributed by atoms with Crippen molar-refractivity contribution in [1.29, 1.82) is 0 Å². The molecule has 0 spiro atoms. The van der Waals surface area contributed by atoms with Crippen molar-refractivity contribution in [1.82, 2.24) is 5.32 Å². The molecule has 1 heterocycles. The molecule has 0 bridgehead atoms. The number of halogens is 2. The quantitative estimate of drug-likeness (QED) is 0.466. The van der Waals surface area contributed by atoms with Crippen molar-refractivity contribution in [2.45, 2.75) is 24.6 Å². The van der Waals surface area contributed by atoms with Crippen LogP contribution in [0, 0.1) is 0 Å². The van der Waals surface area contributed by atoms with Gasteiger partial charge in [-0.3, -0.25) is 5.32 Å². The fourth-order valence-electron chi connectivity index (χ4n) is 0.962. The van der Waals surface area contributed by atoms with Gasteiger partial charge in [-0.25, -0.2) is 8.78 Å². The lowest BCUT2D eigenvalue weighted by Crippen LogP contribution is -2.37. The van der Waals surface area contributed by atoms with Crippen molar-refractivity contribution in [2.75, 3.05) is 6.61 Å². The number of aliphatic hydroxyl groups excluding tert-OH is 2. The van der Waals surface area contributed by atoms with E-state index in [1.165, 1.54) is 0 Å². The molecule has 10 heavy (non-hydrogen) atoms. The predicted octanol–water partition coefficient (Wildman–Crippen LogP) is -0.706. The highest BCUT2D eigenvalue weighted by Crippen LogP contribution is 2.29. The van der Waals surface area contributed by atoms with E-state index in [0.29, 0.717) is 0 Å². The molecule has 0 amide bonds. The van der Waals surface area contributed by atoms with Gasteiger partial charge in [-0.05, 0) is 0 Å². The summed E-state index contributed by atoms with van der Waals surface area (Å²) >= 11 is 0. The molecule has 1 fully saturated rings. The third kappa shape index (κ3) is 1.25. The summed E-state index contributed by atoms with van der Waals surface area (Å²) in [5.74, 6) is -3.09. The first-order valence-electron chi connectivity index (χ1n) is 2.99. The predicted molar refractivity (Wildman–Crippen MR) is 29.6 cm³/mol. The maximum atomic E-state index is 12.4. The van der Waals surface area contributed by atoms with Crippen molar-refractivity contribution in [3.05, 3.63) is 0 Å². The minimum absolute atomic E-state index is 0.368. The molecule has 1 aliphatic rings. The Morgan fingerprint density at radius 2 is 2.20 bits per heavy atom. The number of hydrogen-bond acceptors (Lipinski definition) is 3. The van der Waals surface area contributed by atoms with E-state index >= 15 is 0 Å². The number of rotatable bonds is 1. The summed E-state index contributed by atoms with van der Waals surface area (Å²) in [6.07, 6.45) is -2.30. The molecule has 0 aromatic rings. The van der Waals surface area contributed by atoms with E-state index in [0.717, 1.165) is 0 Å². The Morgan fingerprint density at radius 3 is 2.40 bits per heavy atom. The third-order valence-corrected chi connectivity index (χ3v) is 1.53. The fourth-order valence-corrected chi connectivity index (χ4v) is 0.962. The van der Waals surface area contributed by atoms with Gasteiger partial charge in [-0.2, -0.15) is 0 Å². The van der Waals surface area contributed by atoms with Crippen molar-refractivity contribution in [3.8, 4) is 0 Å².